The van der Waals surface area contributed by atoms with Gasteiger partial charge in [-0.2, -0.15) is 0 Å². The molecule has 0 radical (unpaired) electrons. The number of primary sulfonamides is 1. The number of nitrogens with zero attached hydrogens (tertiary/aromatic N) is 2. The first kappa shape index (κ1) is 13.3. The van der Waals surface area contributed by atoms with Crippen LogP contribution in [0, 0.1) is 0 Å². The minimum absolute atomic E-state index is 0.166. The summed E-state index contributed by atoms with van der Waals surface area (Å²) >= 11 is 0. The number of carbonyl (C=O) groups excluding carboxylic acids is 1. The van der Waals surface area contributed by atoms with Crippen molar-refractivity contribution in [1.82, 2.24) is 9.55 Å². The van der Waals surface area contributed by atoms with E-state index in [2.05, 4.69) is 4.98 Å². The molecule has 9 heteroatoms. The third kappa shape index (κ3) is 2.18. The van der Waals surface area contributed by atoms with E-state index in [9.17, 15) is 13.2 Å². The van der Waals surface area contributed by atoms with E-state index in [1.54, 1.807) is 18.2 Å². The highest BCUT2D eigenvalue weighted by Crippen LogP contribution is 2.21. The summed E-state index contributed by atoms with van der Waals surface area (Å²) in [7, 11) is -4.00. The summed E-state index contributed by atoms with van der Waals surface area (Å²) in [4.78, 5) is 16.4. The van der Waals surface area contributed by atoms with Crippen LogP contribution < -0.4 is 10.9 Å². The van der Waals surface area contributed by atoms with Gasteiger partial charge in [0.2, 0.25) is 5.09 Å². The molecule has 2 aromatic heterocycles. The summed E-state index contributed by atoms with van der Waals surface area (Å²) in [6.07, 6.45) is 1.29. The maximum Gasteiger partial charge on any atom is 0.299 e. The molecule has 0 aliphatic carbocycles. The van der Waals surface area contributed by atoms with Crippen LogP contribution in [0.3, 0.4) is 0 Å². The number of rotatable bonds is 2. The number of anilines is 1. The lowest BCUT2D eigenvalue weighted by atomic mass is 10.2. The van der Waals surface area contributed by atoms with Gasteiger partial charge in [-0.1, -0.05) is 6.07 Å². The molecule has 0 aliphatic heterocycles. The smallest absolute Gasteiger partial charge is 0.299 e. The second-order valence-corrected chi connectivity index (χ2v) is 5.79. The van der Waals surface area contributed by atoms with Crippen LogP contribution in [0.1, 0.15) is 10.6 Å². The molecule has 0 atom stereocenters. The molecule has 0 aliphatic rings. The second kappa shape index (κ2) is 4.43. The van der Waals surface area contributed by atoms with Crippen LogP contribution in [0.2, 0.25) is 0 Å². The molecular weight excluding hydrogens is 296 g/mol. The molecule has 3 rings (SSSR count). The van der Waals surface area contributed by atoms with Crippen molar-refractivity contribution < 1.29 is 17.6 Å². The highest BCUT2D eigenvalue weighted by atomic mass is 32.2. The number of carbonyl (C=O) groups is 1. The largest absolute Gasteiger partial charge is 0.438 e. The van der Waals surface area contributed by atoms with E-state index >= 15 is 0 Å². The van der Waals surface area contributed by atoms with Crippen molar-refractivity contribution in [3.05, 3.63) is 42.4 Å². The number of nitrogens with two attached hydrogens (primary N) is 2. The molecule has 2 heterocycles. The van der Waals surface area contributed by atoms with Crippen molar-refractivity contribution in [2.24, 2.45) is 5.14 Å². The van der Waals surface area contributed by atoms with E-state index in [1.165, 1.54) is 17.0 Å². The molecule has 0 saturated heterocycles. The number of para-hydroxylation sites is 1. The van der Waals surface area contributed by atoms with E-state index in [0.717, 1.165) is 6.07 Å². The maximum absolute atomic E-state index is 12.3. The van der Waals surface area contributed by atoms with E-state index in [1.807, 2.05) is 0 Å². The third-order valence-electron chi connectivity index (χ3n) is 2.90. The summed E-state index contributed by atoms with van der Waals surface area (Å²) in [5, 5.41) is 4.45. The first-order chi connectivity index (χ1) is 9.88. The Morgan fingerprint density at radius 2 is 2.00 bits per heavy atom. The molecule has 8 nitrogen and oxygen atoms in total. The van der Waals surface area contributed by atoms with Crippen molar-refractivity contribution in [3.8, 4) is 0 Å². The van der Waals surface area contributed by atoms with Crippen molar-refractivity contribution in [3.63, 3.8) is 0 Å². The lowest BCUT2D eigenvalue weighted by Gasteiger charge is -2.00. The zero-order valence-corrected chi connectivity index (χ0v) is 11.4. The number of furan rings is 1. The minimum atomic E-state index is -4.00. The maximum atomic E-state index is 12.3. The average molecular weight is 306 g/mol. The molecule has 108 valence electrons. The fourth-order valence-corrected chi connectivity index (χ4v) is 2.39. The number of fused-ring (bicyclic) bond motifs is 1. The molecular formula is C12H10N4O4S. The molecule has 4 N–H and O–H groups in total. The summed E-state index contributed by atoms with van der Waals surface area (Å²) in [6.45, 7) is 0. The van der Waals surface area contributed by atoms with Gasteiger partial charge in [-0.15, -0.1) is 0 Å². The quantitative estimate of drug-likeness (QED) is 0.664. The Balaban J connectivity index is 2.09. The number of hydrogen-bond acceptors (Lipinski definition) is 6. The van der Waals surface area contributed by atoms with Crippen LogP contribution in [0.5, 0.6) is 0 Å². The van der Waals surface area contributed by atoms with Gasteiger partial charge in [0.15, 0.2) is 5.76 Å². The third-order valence-corrected chi connectivity index (χ3v) is 3.68. The van der Waals surface area contributed by atoms with E-state index in [-0.39, 0.29) is 5.76 Å². The SMILES string of the molecule is Nc1cccc2c1ncn2C(=O)c1ccc(S(N)(=O)=O)o1. The fourth-order valence-electron chi connectivity index (χ4n) is 1.93. The zero-order valence-electron chi connectivity index (χ0n) is 10.6. The van der Waals surface area contributed by atoms with Crippen LogP contribution in [-0.4, -0.2) is 23.9 Å². The van der Waals surface area contributed by atoms with Crippen LogP contribution in [0.15, 0.2) is 46.2 Å². The molecule has 1 aromatic carbocycles. The van der Waals surface area contributed by atoms with Gasteiger partial charge in [0.25, 0.3) is 15.9 Å². The number of hydrogen-bond donors (Lipinski definition) is 2. The molecule has 21 heavy (non-hydrogen) atoms. The molecule has 3 aromatic rings. The van der Waals surface area contributed by atoms with Crippen LogP contribution in [0.25, 0.3) is 11.0 Å². The van der Waals surface area contributed by atoms with Gasteiger partial charge >= 0.3 is 0 Å². The minimum Gasteiger partial charge on any atom is -0.438 e. The summed E-state index contributed by atoms with van der Waals surface area (Å²) in [6, 6.07) is 7.37. The van der Waals surface area contributed by atoms with Gasteiger partial charge in [0.05, 0.1) is 11.2 Å². The van der Waals surface area contributed by atoms with E-state index in [4.69, 9.17) is 15.3 Å². The fraction of sp³-hybridized carbons (Fsp3) is 0. The number of nitrogen functional groups attached to an aromatic ring is 1. The van der Waals surface area contributed by atoms with Crippen molar-refractivity contribution in [2.45, 2.75) is 5.09 Å². The van der Waals surface area contributed by atoms with Gasteiger partial charge in [-0.05, 0) is 24.3 Å². The molecule has 0 spiro atoms. The second-order valence-electron chi connectivity index (χ2n) is 4.30. The van der Waals surface area contributed by atoms with Gasteiger partial charge in [0.1, 0.15) is 11.8 Å². The highest BCUT2D eigenvalue weighted by Gasteiger charge is 2.20. The monoisotopic (exact) mass is 306 g/mol. The summed E-state index contributed by atoms with van der Waals surface area (Å²) in [5.41, 5.74) is 7.17. The highest BCUT2D eigenvalue weighted by molar-refractivity contribution is 7.89. The average Bonchev–Trinajstić information content (AvgIpc) is 3.05. The predicted molar refractivity (Wildman–Crippen MR) is 74.0 cm³/mol. The van der Waals surface area contributed by atoms with Crippen LogP contribution in [-0.2, 0) is 10.0 Å². The standard InChI is InChI=1S/C12H10N4O4S/c13-7-2-1-3-8-11(7)15-6-16(8)12(17)9-4-5-10(20-9)21(14,18)19/h1-6H,13H2,(H2,14,18,19). The van der Waals surface area contributed by atoms with E-state index < -0.39 is 21.0 Å². The van der Waals surface area contributed by atoms with Crippen molar-refractivity contribution in [1.29, 1.82) is 0 Å². The normalized spacial score (nSPS) is 11.9. The Kier molecular flexibility index (Phi) is 2.81. The summed E-state index contributed by atoms with van der Waals surface area (Å²) in [5.74, 6) is -0.737. The van der Waals surface area contributed by atoms with Crippen molar-refractivity contribution >= 4 is 32.7 Å². The van der Waals surface area contributed by atoms with Gasteiger partial charge in [-0.3, -0.25) is 9.36 Å². The zero-order chi connectivity index (χ0) is 15.2. The van der Waals surface area contributed by atoms with Crippen LogP contribution in [0.4, 0.5) is 5.69 Å². The number of aromatic nitrogens is 2. The number of imidazole rings is 1. The van der Waals surface area contributed by atoms with Crippen LogP contribution >= 0.6 is 0 Å². The first-order valence-corrected chi connectivity index (χ1v) is 7.31. The lowest BCUT2D eigenvalue weighted by Crippen LogP contribution is -2.12. The Morgan fingerprint density at radius 3 is 2.67 bits per heavy atom. The number of sulfonamides is 1. The molecule has 0 saturated carbocycles. The molecule has 0 bridgehead atoms. The molecule has 0 fully saturated rings. The van der Waals surface area contributed by atoms with Crippen molar-refractivity contribution in [2.75, 3.05) is 5.73 Å². The Morgan fingerprint density at radius 1 is 1.24 bits per heavy atom. The van der Waals surface area contributed by atoms with Gasteiger partial charge in [-0.25, -0.2) is 18.5 Å². The summed E-state index contributed by atoms with van der Waals surface area (Å²) < 4.78 is 28.5. The Hall–Kier alpha value is -2.65. The van der Waals surface area contributed by atoms with Gasteiger partial charge in [0, 0.05) is 0 Å². The van der Waals surface area contributed by atoms with E-state index in [0.29, 0.717) is 16.7 Å². The van der Waals surface area contributed by atoms with Gasteiger partial charge < -0.3 is 10.2 Å². The topological polar surface area (TPSA) is 134 Å². The first-order valence-electron chi connectivity index (χ1n) is 5.77. The molecule has 0 amide bonds. The predicted octanol–water partition coefficient (Wildman–Crippen LogP) is 0.547. The number of benzene rings is 1. The Labute approximate surface area is 119 Å². The lowest BCUT2D eigenvalue weighted by molar-refractivity contribution is 0.0931. The Bertz CT molecular complexity index is 955. The molecule has 0 unspecified atom stereocenters.